The van der Waals surface area contributed by atoms with Crippen LogP contribution < -0.4 is 4.90 Å². The number of ketones is 1. The van der Waals surface area contributed by atoms with Crippen LogP contribution in [0.15, 0.2) is 30.7 Å². The summed E-state index contributed by atoms with van der Waals surface area (Å²) in [4.78, 5) is 22.1. The fraction of sp³-hybridized carbons (Fsp3) is 0.471. The minimum absolute atomic E-state index is 0.0287. The van der Waals surface area contributed by atoms with Gasteiger partial charge in [0.15, 0.2) is 5.78 Å². The van der Waals surface area contributed by atoms with E-state index in [9.17, 15) is 9.90 Å². The van der Waals surface area contributed by atoms with Gasteiger partial charge in [-0.25, -0.2) is 9.97 Å². The molecule has 0 aliphatic carbocycles. The van der Waals surface area contributed by atoms with Crippen LogP contribution in [0.4, 0.5) is 5.82 Å². The highest BCUT2D eigenvalue weighted by molar-refractivity contribution is 5.93. The molecule has 3 heterocycles. The van der Waals surface area contributed by atoms with Crippen molar-refractivity contribution in [3.63, 3.8) is 0 Å². The summed E-state index contributed by atoms with van der Waals surface area (Å²) in [7, 11) is 1.90. The Morgan fingerprint density at radius 2 is 2.04 bits per heavy atom. The van der Waals surface area contributed by atoms with Crippen LogP contribution in [0.3, 0.4) is 0 Å². The molecule has 0 unspecified atom stereocenters. The average molecular weight is 314 g/mol. The molecule has 0 aromatic carbocycles. The molecule has 0 amide bonds. The maximum absolute atomic E-state index is 11.3. The molecule has 0 radical (unpaired) electrons. The molecule has 1 saturated heterocycles. The lowest BCUT2D eigenvalue weighted by atomic mass is 9.90. The molecule has 0 saturated carbocycles. The highest BCUT2D eigenvalue weighted by Gasteiger charge is 2.28. The first-order valence-electron chi connectivity index (χ1n) is 7.93. The number of aryl methyl sites for hydroxylation is 1. The summed E-state index contributed by atoms with van der Waals surface area (Å²) in [5.41, 5.74) is 0.633. The van der Waals surface area contributed by atoms with Crippen LogP contribution in [0.5, 0.6) is 0 Å². The molecule has 2 aromatic rings. The SMILES string of the molecule is CC(=O)c1ccc(N2CCC([C@@H](O)c3nccn3C)CC2)nc1. The molecule has 23 heavy (non-hydrogen) atoms. The molecule has 1 atom stereocenters. The largest absolute Gasteiger partial charge is 0.385 e. The van der Waals surface area contributed by atoms with Crippen LogP contribution in [0, 0.1) is 5.92 Å². The average Bonchev–Trinajstić information content (AvgIpc) is 3.00. The Balaban J connectivity index is 1.62. The van der Waals surface area contributed by atoms with Crippen molar-refractivity contribution in [2.24, 2.45) is 13.0 Å². The second kappa shape index (κ2) is 6.50. The number of Topliss-reactive ketones (excluding diaryl/α,β-unsaturated/α-hetero) is 1. The lowest BCUT2D eigenvalue weighted by Crippen LogP contribution is -2.36. The number of nitrogens with zero attached hydrogens (tertiary/aromatic N) is 4. The number of pyridine rings is 1. The van der Waals surface area contributed by atoms with Crippen molar-refractivity contribution < 1.29 is 9.90 Å². The zero-order valence-corrected chi connectivity index (χ0v) is 13.5. The number of hydrogen-bond donors (Lipinski definition) is 1. The summed E-state index contributed by atoms with van der Waals surface area (Å²) in [5.74, 6) is 1.86. The second-order valence-electron chi connectivity index (χ2n) is 6.13. The Labute approximate surface area is 135 Å². The van der Waals surface area contributed by atoms with Crippen LogP contribution in [-0.4, -0.2) is 38.5 Å². The van der Waals surface area contributed by atoms with E-state index in [4.69, 9.17) is 0 Å². The predicted molar refractivity (Wildman–Crippen MR) is 87.3 cm³/mol. The standard InChI is InChI=1S/C17H22N4O2/c1-12(22)14-3-4-15(19-11-14)21-8-5-13(6-9-21)16(23)17-18-7-10-20(17)2/h3-4,7,10-11,13,16,23H,5-6,8-9H2,1-2H3/t16-/m1/s1. The van der Waals surface area contributed by atoms with Gasteiger partial charge in [-0.3, -0.25) is 4.79 Å². The topological polar surface area (TPSA) is 71.2 Å². The summed E-state index contributed by atoms with van der Waals surface area (Å²) in [6, 6.07) is 3.71. The van der Waals surface area contributed by atoms with Crippen molar-refractivity contribution >= 4 is 11.6 Å². The van der Waals surface area contributed by atoms with Gasteiger partial charge >= 0.3 is 0 Å². The van der Waals surface area contributed by atoms with Gasteiger partial charge in [0, 0.05) is 44.3 Å². The van der Waals surface area contributed by atoms with E-state index in [-0.39, 0.29) is 11.7 Å². The molecule has 1 aliphatic heterocycles. The first kappa shape index (κ1) is 15.7. The van der Waals surface area contributed by atoms with Gasteiger partial charge in [0.25, 0.3) is 0 Å². The van der Waals surface area contributed by atoms with Gasteiger partial charge in [-0.15, -0.1) is 0 Å². The summed E-state index contributed by atoms with van der Waals surface area (Å²) in [5, 5.41) is 10.5. The van der Waals surface area contributed by atoms with Crippen molar-refractivity contribution in [3.05, 3.63) is 42.1 Å². The van der Waals surface area contributed by atoms with E-state index in [2.05, 4.69) is 14.9 Å². The minimum atomic E-state index is -0.523. The Bertz CT molecular complexity index is 672. The van der Waals surface area contributed by atoms with Crippen molar-refractivity contribution in [3.8, 4) is 0 Å². The maximum Gasteiger partial charge on any atom is 0.161 e. The Kier molecular flexibility index (Phi) is 4.43. The fourth-order valence-corrected chi connectivity index (χ4v) is 3.10. The van der Waals surface area contributed by atoms with Gasteiger partial charge in [-0.2, -0.15) is 0 Å². The molecule has 2 aromatic heterocycles. The third kappa shape index (κ3) is 3.27. The Morgan fingerprint density at radius 3 is 2.57 bits per heavy atom. The molecule has 1 fully saturated rings. The van der Waals surface area contributed by atoms with E-state index in [1.165, 1.54) is 0 Å². The van der Waals surface area contributed by atoms with E-state index in [1.807, 2.05) is 29.9 Å². The van der Waals surface area contributed by atoms with Crippen LogP contribution in [0.25, 0.3) is 0 Å². The van der Waals surface area contributed by atoms with Gasteiger partial charge in [0.2, 0.25) is 0 Å². The number of imidazole rings is 1. The van der Waals surface area contributed by atoms with Crippen molar-refractivity contribution in [2.75, 3.05) is 18.0 Å². The zero-order chi connectivity index (χ0) is 16.4. The van der Waals surface area contributed by atoms with Crippen LogP contribution >= 0.6 is 0 Å². The number of carbonyl (C=O) groups excluding carboxylic acids is 1. The summed E-state index contributed by atoms with van der Waals surface area (Å²) in [6.07, 6.45) is 6.47. The quantitative estimate of drug-likeness (QED) is 0.874. The molecule has 1 aliphatic rings. The van der Waals surface area contributed by atoms with Gasteiger partial charge in [-0.05, 0) is 37.8 Å². The summed E-state index contributed by atoms with van der Waals surface area (Å²) in [6.45, 7) is 3.23. The number of rotatable bonds is 4. The third-order valence-electron chi connectivity index (χ3n) is 4.59. The number of aromatic nitrogens is 3. The van der Waals surface area contributed by atoms with E-state index in [0.717, 1.165) is 37.6 Å². The third-order valence-corrected chi connectivity index (χ3v) is 4.59. The van der Waals surface area contributed by atoms with Gasteiger partial charge in [0.05, 0.1) is 0 Å². The first-order chi connectivity index (χ1) is 11.1. The number of piperidine rings is 1. The highest BCUT2D eigenvalue weighted by Crippen LogP contribution is 2.31. The second-order valence-corrected chi connectivity index (χ2v) is 6.13. The molecule has 6 nitrogen and oxygen atoms in total. The van der Waals surface area contributed by atoms with Crippen molar-refractivity contribution in [1.82, 2.24) is 14.5 Å². The number of carbonyl (C=O) groups is 1. The Morgan fingerprint density at radius 1 is 1.30 bits per heavy atom. The molecular weight excluding hydrogens is 292 g/mol. The van der Waals surface area contributed by atoms with Gasteiger partial charge in [-0.1, -0.05) is 0 Å². The smallest absolute Gasteiger partial charge is 0.161 e. The molecule has 122 valence electrons. The van der Waals surface area contributed by atoms with Crippen molar-refractivity contribution in [2.45, 2.75) is 25.9 Å². The normalized spacial score (nSPS) is 17.3. The molecular formula is C17H22N4O2. The number of aliphatic hydroxyl groups excluding tert-OH is 1. The highest BCUT2D eigenvalue weighted by atomic mass is 16.3. The zero-order valence-electron chi connectivity index (χ0n) is 13.5. The first-order valence-corrected chi connectivity index (χ1v) is 7.93. The van der Waals surface area contributed by atoms with Crippen molar-refractivity contribution in [1.29, 1.82) is 0 Å². The van der Waals surface area contributed by atoms with E-state index >= 15 is 0 Å². The maximum atomic E-state index is 11.3. The van der Waals surface area contributed by atoms with E-state index in [1.54, 1.807) is 19.3 Å². The predicted octanol–water partition coefficient (Wildman–Crippen LogP) is 1.97. The van der Waals surface area contributed by atoms with E-state index in [0.29, 0.717) is 5.56 Å². The molecule has 0 spiro atoms. The van der Waals surface area contributed by atoms with Gasteiger partial charge in [0.1, 0.15) is 17.7 Å². The molecule has 3 rings (SSSR count). The molecule has 0 bridgehead atoms. The number of hydrogen-bond acceptors (Lipinski definition) is 5. The molecule has 1 N–H and O–H groups in total. The lowest BCUT2D eigenvalue weighted by molar-refractivity contribution is 0.0824. The fourth-order valence-electron chi connectivity index (χ4n) is 3.10. The van der Waals surface area contributed by atoms with Crippen LogP contribution in [0.2, 0.25) is 0 Å². The van der Waals surface area contributed by atoms with Crippen LogP contribution in [0.1, 0.15) is 42.1 Å². The lowest BCUT2D eigenvalue weighted by Gasteiger charge is -2.34. The van der Waals surface area contributed by atoms with Crippen LogP contribution in [-0.2, 0) is 7.05 Å². The Hall–Kier alpha value is -2.21. The number of aliphatic hydroxyl groups is 1. The van der Waals surface area contributed by atoms with E-state index < -0.39 is 6.10 Å². The number of anilines is 1. The summed E-state index contributed by atoms with van der Waals surface area (Å²) < 4.78 is 1.87. The molecule has 6 heteroatoms. The van der Waals surface area contributed by atoms with Gasteiger partial charge < -0.3 is 14.6 Å². The summed E-state index contributed by atoms with van der Waals surface area (Å²) >= 11 is 0. The monoisotopic (exact) mass is 314 g/mol. The minimum Gasteiger partial charge on any atom is -0.385 e.